The highest BCUT2D eigenvalue weighted by molar-refractivity contribution is 6.32. The zero-order valence-electron chi connectivity index (χ0n) is 22.0. The predicted octanol–water partition coefficient (Wildman–Crippen LogP) is 5.77. The Morgan fingerprint density at radius 3 is 2.47 bits per heavy atom. The molecule has 0 spiro atoms. The van der Waals surface area contributed by atoms with Gasteiger partial charge in [0.15, 0.2) is 5.15 Å². The standard InChI is InChI=1S/C29H21Cl2FN8O3/c30-20-6-11-26(40-16-33-38-39-40)19(14-20)5-12-27(41)35-24(13-17-1-7-21(32)8-2-17)25-15-23(28(31)37-36-25)18-3-9-22(10-4-18)34-29(42)43/h1-12,14-16,24,34H,13H2,(H,35,41)(H,42,43). The van der Waals surface area contributed by atoms with Gasteiger partial charge in [-0.3, -0.25) is 10.1 Å². The van der Waals surface area contributed by atoms with Crippen LogP contribution < -0.4 is 10.6 Å². The van der Waals surface area contributed by atoms with E-state index in [9.17, 15) is 14.0 Å². The van der Waals surface area contributed by atoms with Gasteiger partial charge in [-0.05, 0) is 82.6 Å². The third kappa shape index (κ3) is 7.56. The molecule has 2 aromatic heterocycles. The van der Waals surface area contributed by atoms with E-state index in [0.717, 1.165) is 5.56 Å². The highest BCUT2D eigenvalue weighted by Crippen LogP contribution is 2.30. The van der Waals surface area contributed by atoms with Gasteiger partial charge in [-0.15, -0.1) is 10.2 Å². The third-order valence-electron chi connectivity index (χ3n) is 6.24. The maximum atomic E-state index is 13.6. The minimum absolute atomic E-state index is 0.116. The molecule has 0 aliphatic carbocycles. The number of rotatable bonds is 9. The zero-order valence-corrected chi connectivity index (χ0v) is 23.5. The van der Waals surface area contributed by atoms with Gasteiger partial charge in [0, 0.05) is 27.9 Å². The molecule has 0 aliphatic rings. The molecular formula is C29H21Cl2FN8O3. The fourth-order valence-corrected chi connectivity index (χ4v) is 4.61. The second-order valence-corrected chi connectivity index (χ2v) is 9.96. The van der Waals surface area contributed by atoms with Crippen molar-refractivity contribution in [2.75, 3.05) is 5.32 Å². The summed E-state index contributed by atoms with van der Waals surface area (Å²) >= 11 is 12.6. The SMILES string of the molecule is O=C(O)Nc1ccc(-c2cc(C(Cc3ccc(F)cc3)NC(=O)C=Cc3cc(Cl)ccc3-n3cnnn3)nnc2Cl)cc1. The largest absolute Gasteiger partial charge is 0.465 e. The van der Waals surface area contributed by atoms with Crippen molar-refractivity contribution >= 4 is 47.0 Å². The molecule has 0 aliphatic heterocycles. The number of hydrogen-bond acceptors (Lipinski definition) is 7. The molecule has 2 heterocycles. The van der Waals surface area contributed by atoms with E-state index < -0.39 is 18.0 Å². The molecule has 3 N–H and O–H groups in total. The molecule has 5 aromatic rings. The van der Waals surface area contributed by atoms with Crippen LogP contribution in [-0.2, 0) is 11.2 Å². The summed E-state index contributed by atoms with van der Waals surface area (Å²) < 4.78 is 15.0. The molecule has 1 unspecified atom stereocenters. The van der Waals surface area contributed by atoms with Gasteiger partial charge < -0.3 is 10.4 Å². The summed E-state index contributed by atoms with van der Waals surface area (Å²) in [4.78, 5) is 24.1. The van der Waals surface area contributed by atoms with Crippen molar-refractivity contribution in [1.82, 2.24) is 35.7 Å². The second-order valence-electron chi connectivity index (χ2n) is 9.16. The quantitative estimate of drug-likeness (QED) is 0.176. The number of hydrogen-bond donors (Lipinski definition) is 3. The van der Waals surface area contributed by atoms with Gasteiger partial charge >= 0.3 is 6.09 Å². The second kappa shape index (κ2) is 13.2. The first-order valence-electron chi connectivity index (χ1n) is 12.6. The highest BCUT2D eigenvalue weighted by atomic mass is 35.5. The zero-order chi connectivity index (χ0) is 30.3. The van der Waals surface area contributed by atoms with Gasteiger partial charge in [-0.25, -0.2) is 9.18 Å². The summed E-state index contributed by atoms with van der Waals surface area (Å²) in [5.41, 5.74) is 3.90. The van der Waals surface area contributed by atoms with Crippen molar-refractivity contribution in [2.24, 2.45) is 0 Å². The number of carboxylic acid groups (broad SMARTS) is 1. The molecular weight excluding hydrogens is 598 g/mol. The molecule has 43 heavy (non-hydrogen) atoms. The van der Waals surface area contributed by atoms with Crippen molar-refractivity contribution in [3.05, 3.63) is 118 Å². The smallest absolute Gasteiger partial charge is 0.409 e. The first kappa shape index (κ1) is 29.3. The lowest BCUT2D eigenvalue weighted by Crippen LogP contribution is -2.29. The molecule has 14 heteroatoms. The van der Waals surface area contributed by atoms with E-state index in [1.165, 1.54) is 29.2 Å². The molecule has 0 saturated carbocycles. The molecule has 0 saturated heterocycles. The fraction of sp³-hybridized carbons (Fsp3) is 0.0690. The molecule has 0 bridgehead atoms. The van der Waals surface area contributed by atoms with Crippen LogP contribution >= 0.6 is 23.2 Å². The highest BCUT2D eigenvalue weighted by Gasteiger charge is 2.19. The number of aromatic nitrogens is 6. The number of tetrazole rings is 1. The van der Waals surface area contributed by atoms with Crippen LogP contribution in [0.25, 0.3) is 22.9 Å². The summed E-state index contributed by atoms with van der Waals surface area (Å²) in [6.45, 7) is 0. The topological polar surface area (TPSA) is 148 Å². The van der Waals surface area contributed by atoms with E-state index in [2.05, 4.69) is 36.4 Å². The van der Waals surface area contributed by atoms with Crippen LogP contribution in [0, 0.1) is 5.82 Å². The molecule has 216 valence electrons. The average molecular weight is 619 g/mol. The molecule has 1 atom stereocenters. The van der Waals surface area contributed by atoms with Crippen LogP contribution in [0.3, 0.4) is 0 Å². The monoisotopic (exact) mass is 618 g/mol. The molecule has 5 rings (SSSR count). The van der Waals surface area contributed by atoms with E-state index in [-0.39, 0.29) is 17.4 Å². The summed E-state index contributed by atoms with van der Waals surface area (Å²) in [6, 6.07) is 18.5. The van der Waals surface area contributed by atoms with Gasteiger partial charge in [-0.1, -0.05) is 47.5 Å². The predicted molar refractivity (Wildman–Crippen MR) is 158 cm³/mol. The van der Waals surface area contributed by atoms with Crippen LogP contribution in [0.15, 0.2) is 85.2 Å². The van der Waals surface area contributed by atoms with Crippen molar-refractivity contribution in [2.45, 2.75) is 12.5 Å². The van der Waals surface area contributed by atoms with Crippen LogP contribution in [0.1, 0.15) is 22.9 Å². The Balaban J connectivity index is 1.44. The van der Waals surface area contributed by atoms with E-state index in [4.69, 9.17) is 28.3 Å². The van der Waals surface area contributed by atoms with E-state index in [1.807, 2.05) is 0 Å². The van der Waals surface area contributed by atoms with Crippen LogP contribution in [0.2, 0.25) is 10.2 Å². The van der Waals surface area contributed by atoms with Crippen LogP contribution in [-0.4, -0.2) is 47.5 Å². The summed E-state index contributed by atoms with van der Waals surface area (Å²) in [5.74, 6) is -0.835. The summed E-state index contributed by atoms with van der Waals surface area (Å²) in [5, 5.41) is 34.3. The van der Waals surface area contributed by atoms with Crippen molar-refractivity contribution in [3.8, 4) is 16.8 Å². The maximum Gasteiger partial charge on any atom is 0.409 e. The number of anilines is 1. The number of carbonyl (C=O) groups excluding carboxylic acids is 1. The molecule has 2 amide bonds. The lowest BCUT2D eigenvalue weighted by Gasteiger charge is -2.18. The number of benzene rings is 3. The first-order valence-corrected chi connectivity index (χ1v) is 13.4. The lowest BCUT2D eigenvalue weighted by molar-refractivity contribution is -0.117. The fourth-order valence-electron chi connectivity index (χ4n) is 4.23. The van der Waals surface area contributed by atoms with Crippen molar-refractivity contribution < 1.29 is 19.1 Å². The van der Waals surface area contributed by atoms with Crippen molar-refractivity contribution in [3.63, 3.8) is 0 Å². The molecule has 0 radical (unpaired) electrons. The van der Waals surface area contributed by atoms with Gasteiger partial charge in [0.25, 0.3) is 0 Å². The maximum absolute atomic E-state index is 13.6. The molecule has 3 aromatic carbocycles. The Morgan fingerprint density at radius 2 is 1.77 bits per heavy atom. The third-order valence-corrected chi connectivity index (χ3v) is 6.76. The van der Waals surface area contributed by atoms with Crippen LogP contribution in [0.5, 0.6) is 0 Å². The Bertz CT molecular complexity index is 1780. The van der Waals surface area contributed by atoms with Gasteiger partial charge in [-0.2, -0.15) is 9.78 Å². The summed E-state index contributed by atoms with van der Waals surface area (Å²) in [7, 11) is 0. The Morgan fingerprint density at radius 1 is 1.00 bits per heavy atom. The Hall–Kier alpha value is -5.20. The number of nitrogens with one attached hydrogen (secondary N) is 2. The van der Waals surface area contributed by atoms with E-state index in [1.54, 1.807) is 66.7 Å². The Kier molecular flexibility index (Phi) is 8.99. The van der Waals surface area contributed by atoms with Crippen molar-refractivity contribution in [1.29, 1.82) is 0 Å². The van der Waals surface area contributed by atoms with E-state index in [0.29, 0.717) is 38.8 Å². The average Bonchev–Trinajstić information content (AvgIpc) is 3.52. The van der Waals surface area contributed by atoms with Gasteiger partial charge in [0.2, 0.25) is 5.91 Å². The molecule has 0 fully saturated rings. The lowest BCUT2D eigenvalue weighted by atomic mass is 10.00. The van der Waals surface area contributed by atoms with Crippen LogP contribution in [0.4, 0.5) is 14.9 Å². The number of halogens is 3. The first-order chi connectivity index (χ1) is 20.7. The number of carbonyl (C=O) groups is 2. The van der Waals surface area contributed by atoms with Gasteiger partial charge in [0.05, 0.1) is 17.4 Å². The number of amides is 2. The minimum Gasteiger partial charge on any atom is -0.465 e. The van der Waals surface area contributed by atoms with Gasteiger partial charge in [0.1, 0.15) is 12.1 Å². The summed E-state index contributed by atoms with van der Waals surface area (Å²) in [6.07, 6.45) is 3.43. The number of nitrogens with zero attached hydrogens (tertiary/aromatic N) is 6. The normalized spacial score (nSPS) is 11.8. The molecule has 11 nitrogen and oxygen atoms in total. The Labute approximate surface area is 254 Å². The minimum atomic E-state index is -1.19. The van der Waals surface area contributed by atoms with E-state index >= 15 is 0 Å².